The smallest absolute Gasteiger partial charge is 0.258 e. The van der Waals surface area contributed by atoms with Crippen molar-refractivity contribution in [1.82, 2.24) is 5.32 Å². The quantitative estimate of drug-likeness (QED) is 0.872. The summed E-state index contributed by atoms with van der Waals surface area (Å²) in [5.74, 6) is 1.14. The highest BCUT2D eigenvalue weighted by molar-refractivity contribution is 9.09. The zero-order chi connectivity index (χ0) is 12.5. The van der Waals surface area contributed by atoms with Crippen LogP contribution in [0.15, 0.2) is 18.2 Å². The summed E-state index contributed by atoms with van der Waals surface area (Å²) in [7, 11) is 0. The minimum absolute atomic E-state index is 0.122. The van der Waals surface area contributed by atoms with Crippen LogP contribution in [0.3, 0.4) is 0 Å². The highest BCUT2D eigenvalue weighted by Gasteiger charge is 2.31. The maximum absolute atomic E-state index is 11.8. The molecule has 1 aliphatic rings. The number of halogens is 1. The Kier molecular flexibility index (Phi) is 3.28. The Morgan fingerprint density at radius 3 is 2.94 bits per heavy atom. The highest BCUT2D eigenvalue weighted by Crippen LogP contribution is 2.31. The van der Waals surface area contributed by atoms with Crippen molar-refractivity contribution in [3.05, 3.63) is 23.8 Å². The summed E-state index contributed by atoms with van der Waals surface area (Å²) in [6, 6.07) is 5.23. The number of amides is 1. The van der Waals surface area contributed by atoms with E-state index < -0.39 is 5.72 Å². The number of hydrogen-bond acceptors (Lipinski definition) is 3. The molecule has 1 aliphatic heterocycles. The lowest BCUT2D eigenvalue weighted by Gasteiger charge is -2.33. The van der Waals surface area contributed by atoms with E-state index in [0.29, 0.717) is 23.7 Å². The van der Waals surface area contributed by atoms with Crippen LogP contribution in [0.5, 0.6) is 11.5 Å². The van der Waals surface area contributed by atoms with Gasteiger partial charge in [-0.3, -0.25) is 4.79 Å². The lowest BCUT2D eigenvalue weighted by molar-refractivity contribution is 0.0431. The second-order valence-corrected chi connectivity index (χ2v) is 5.05. The molecule has 0 radical (unpaired) electrons. The maximum Gasteiger partial charge on any atom is 0.258 e. The van der Waals surface area contributed by atoms with Gasteiger partial charge in [-0.25, -0.2) is 0 Å². The summed E-state index contributed by atoms with van der Waals surface area (Å²) in [6.45, 7) is 4.19. The first-order valence-corrected chi connectivity index (χ1v) is 6.48. The van der Waals surface area contributed by atoms with Gasteiger partial charge in [0.05, 0.1) is 12.2 Å². The molecule has 1 aromatic rings. The number of alkyl halides is 1. The number of fused-ring (bicyclic) bond motifs is 1. The van der Waals surface area contributed by atoms with Crippen molar-refractivity contribution in [1.29, 1.82) is 0 Å². The van der Waals surface area contributed by atoms with Crippen molar-refractivity contribution >= 4 is 21.8 Å². The summed E-state index contributed by atoms with van der Waals surface area (Å²) in [4.78, 5) is 11.8. The van der Waals surface area contributed by atoms with Crippen LogP contribution >= 0.6 is 15.9 Å². The average molecular weight is 300 g/mol. The number of ether oxygens (including phenoxy) is 2. The standard InChI is InChI=1S/C12H14BrNO3/c1-12(2)14-11(15)9-4-3-8(16-6-5-13)7-10(9)17-12/h3-4,7H,5-6H2,1-2H3,(H,14,15). The molecule has 1 heterocycles. The van der Waals surface area contributed by atoms with Gasteiger partial charge in [0.25, 0.3) is 5.91 Å². The van der Waals surface area contributed by atoms with Crippen LogP contribution in [0.25, 0.3) is 0 Å². The molecular formula is C12H14BrNO3. The van der Waals surface area contributed by atoms with Gasteiger partial charge in [-0.15, -0.1) is 0 Å². The van der Waals surface area contributed by atoms with Gasteiger partial charge in [0, 0.05) is 11.4 Å². The Hall–Kier alpha value is -1.23. The second-order valence-electron chi connectivity index (χ2n) is 4.26. The Bertz CT molecular complexity index is 445. The largest absolute Gasteiger partial charge is 0.493 e. The lowest BCUT2D eigenvalue weighted by atomic mass is 10.1. The van der Waals surface area contributed by atoms with Crippen LogP contribution in [0, 0.1) is 0 Å². The molecule has 5 heteroatoms. The molecule has 0 saturated carbocycles. The van der Waals surface area contributed by atoms with E-state index in [1.54, 1.807) is 32.0 Å². The zero-order valence-corrected chi connectivity index (χ0v) is 11.3. The third-order valence-electron chi connectivity index (χ3n) is 2.32. The Morgan fingerprint density at radius 2 is 2.24 bits per heavy atom. The molecule has 1 N–H and O–H groups in total. The highest BCUT2D eigenvalue weighted by atomic mass is 79.9. The first kappa shape index (κ1) is 12.2. The van der Waals surface area contributed by atoms with Gasteiger partial charge in [-0.2, -0.15) is 0 Å². The molecule has 2 rings (SSSR count). The summed E-state index contributed by atoms with van der Waals surface area (Å²) in [5, 5.41) is 3.53. The fourth-order valence-electron chi connectivity index (χ4n) is 1.66. The molecule has 0 fully saturated rings. The summed E-state index contributed by atoms with van der Waals surface area (Å²) in [6.07, 6.45) is 0. The first-order chi connectivity index (χ1) is 8.02. The molecule has 92 valence electrons. The van der Waals surface area contributed by atoms with Gasteiger partial charge >= 0.3 is 0 Å². The Balaban J connectivity index is 2.28. The molecule has 1 amide bonds. The second kappa shape index (κ2) is 4.56. The number of carbonyl (C=O) groups excluding carboxylic acids is 1. The van der Waals surface area contributed by atoms with Gasteiger partial charge in [0.1, 0.15) is 11.5 Å². The third kappa shape index (κ3) is 2.72. The van der Waals surface area contributed by atoms with Crippen molar-refractivity contribution in [2.75, 3.05) is 11.9 Å². The van der Waals surface area contributed by atoms with E-state index >= 15 is 0 Å². The topological polar surface area (TPSA) is 47.6 Å². The van der Waals surface area contributed by atoms with Crippen molar-refractivity contribution in [2.24, 2.45) is 0 Å². The molecular weight excluding hydrogens is 286 g/mol. The molecule has 0 atom stereocenters. The monoisotopic (exact) mass is 299 g/mol. The van der Waals surface area contributed by atoms with Crippen LogP contribution in [-0.4, -0.2) is 23.6 Å². The number of carbonyl (C=O) groups is 1. The summed E-state index contributed by atoms with van der Waals surface area (Å²) < 4.78 is 11.2. The fraction of sp³-hybridized carbons (Fsp3) is 0.417. The van der Waals surface area contributed by atoms with Crippen LogP contribution in [0.1, 0.15) is 24.2 Å². The molecule has 0 aliphatic carbocycles. The van der Waals surface area contributed by atoms with Gasteiger partial charge in [-0.1, -0.05) is 15.9 Å². The molecule has 4 nitrogen and oxygen atoms in total. The predicted octanol–water partition coefficient (Wildman–Crippen LogP) is 2.32. The Morgan fingerprint density at radius 1 is 1.47 bits per heavy atom. The number of benzene rings is 1. The van der Waals surface area contributed by atoms with Gasteiger partial charge in [0.2, 0.25) is 0 Å². The summed E-state index contributed by atoms with van der Waals surface area (Å²) >= 11 is 3.29. The fourth-order valence-corrected chi connectivity index (χ4v) is 1.82. The SMILES string of the molecule is CC1(C)NC(=O)c2ccc(OCCBr)cc2O1. The Labute approximate surface area is 108 Å². The number of hydrogen-bond donors (Lipinski definition) is 1. The molecule has 17 heavy (non-hydrogen) atoms. The van der Waals surface area contributed by atoms with Gasteiger partial charge < -0.3 is 14.8 Å². The van der Waals surface area contributed by atoms with Crippen molar-refractivity contribution < 1.29 is 14.3 Å². The van der Waals surface area contributed by atoms with E-state index in [4.69, 9.17) is 9.47 Å². The van der Waals surface area contributed by atoms with Crippen LogP contribution < -0.4 is 14.8 Å². The molecule has 0 bridgehead atoms. The molecule has 1 aromatic carbocycles. The van der Waals surface area contributed by atoms with Crippen LogP contribution in [0.2, 0.25) is 0 Å². The first-order valence-electron chi connectivity index (χ1n) is 5.36. The van der Waals surface area contributed by atoms with E-state index in [1.165, 1.54) is 0 Å². The molecule has 0 spiro atoms. The van der Waals surface area contributed by atoms with Crippen molar-refractivity contribution in [3.63, 3.8) is 0 Å². The van der Waals surface area contributed by atoms with E-state index in [2.05, 4.69) is 21.2 Å². The predicted molar refractivity (Wildman–Crippen MR) is 67.9 cm³/mol. The van der Waals surface area contributed by atoms with E-state index in [-0.39, 0.29) is 5.91 Å². The van der Waals surface area contributed by atoms with E-state index in [0.717, 1.165) is 5.33 Å². The van der Waals surface area contributed by atoms with Crippen molar-refractivity contribution in [3.8, 4) is 11.5 Å². The van der Waals surface area contributed by atoms with Crippen LogP contribution in [0.4, 0.5) is 0 Å². The molecule has 0 saturated heterocycles. The number of nitrogens with one attached hydrogen (secondary N) is 1. The lowest BCUT2D eigenvalue weighted by Crippen LogP contribution is -2.51. The normalized spacial score (nSPS) is 16.8. The van der Waals surface area contributed by atoms with Crippen LogP contribution in [-0.2, 0) is 0 Å². The van der Waals surface area contributed by atoms with E-state index in [9.17, 15) is 4.79 Å². The minimum Gasteiger partial charge on any atom is -0.493 e. The number of rotatable bonds is 3. The average Bonchev–Trinajstić information content (AvgIpc) is 2.24. The third-order valence-corrected chi connectivity index (χ3v) is 2.65. The zero-order valence-electron chi connectivity index (χ0n) is 9.75. The minimum atomic E-state index is -0.682. The van der Waals surface area contributed by atoms with Crippen molar-refractivity contribution in [2.45, 2.75) is 19.6 Å². The van der Waals surface area contributed by atoms with Gasteiger partial charge in [-0.05, 0) is 26.0 Å². The van der Waals surface area contributed by atoms with E-state index in [1.807, 2.05) is 0 Å². The molecule has 0 unspecified atom stereocenters. The maximum atomic E-state index is 11.8. The molecule has 0 aromatic heterocycles. The summed E-state index contributed by atoms with van der Waals surface area (Å²) in [5.41, 5.74) is -0.145. The van der Waals surface area contributed by atoms with Gasteiger partial charge in [0.15, 0.2) is 5.72 Å².